The fraction of sp³-hybridized carbons (Fsp3) is 0.812. The van der Waals surface area contributed by atoms with Gasteiger partial charge in [0.15, 0.2) is 5.60 Å². The number of esters is 1. The van der Waals surface area contributed by atoms with E-state index in [-0.39, 0.29) is 6.10 Å². The summed E-state index contributed by atoms with van der Waals surface area (Å²) in [5.74, 6) is -0.153. The Morgan fingerprint density at radius 2 is 1.85 bits per heavy atom. The highest BCUT2D eigenvalue weighted by Crippen LogP contribution is 2.26. The van der Waals surface area contributed by atoms with E-state index < -0.39 is 18.2 Å². The Morgan fingerprint density at radius 3 is 2.25 bits per heavy atom. The van der Waals surface area contributed by atoms with Crippen LogP contribution >= 0.6 is 0 Å². The van der Waals surface area contributed by atoms with Gasteiger partial charge in [-0.05, 0) is 32.1 Å². The monoisotopic (exact) mass is 286 g/mol. The minimum Gasteiger partial charge on any atom is -0.460 e. The topological polar surface area (TPSA) is 66.8 Å². The molecule has 118 valence electrons. The van der Waals surface area contributed by atoms with E-state index in [1.54, 1.807) is 0 Å². The van der Waals surface area contributed by atoms with Crippen LogP contribution in [0, 0.1) is 18.8 Å². The molecule has 0 radical (unpaired) electrons. The van der Waals surface area contributed by atoms with Gasteiger partial charge in [-0.3, -0.25) is 0 Å². The third-order valence-corrected chi connectivity index (χ3v) is 2.91. The van der Waals surface area contributed by atoms with E-state index in [0.29, 0.717) is 5.92 Å². The largest absolute Gasteiger partial charge is 0.460 e. The first-order valence-electron chi connectivity index (χ1n) is 7.25. The van der Waals surface area contributed by atoms with Crippen LogP contribution in [0.1, 0.15) is 59.8 Å². The molecule has 2 N–H and O–H groups in total. The molecule has 0 spiro atoms. The van der Waals surface area contributed by atoms with Gasteiger partial charge in [-0.1, -0.05) is 33.6 Å². The van der Waals surface area contributed by atoms with Crippen molar-refractivity contribution >= 4 is 5.97 Å². The standard InChI is InChI=1S/C11H20O4.C3H8.C2H2/c1-8-4-3-5-9(6-8)15-10(13)11(2,14)7-12;1-3-2;1-2/h8-9,12,14H,3-7H2,1-2H3;3H2,1-2H3;1-2H/t8-,9+,11?;;/m1../s1. The van der Waals surface area contributed by atoms with Crippen molar-refractivity contribution in [1.82, 2.24) is 0 Å². The maximum Gasteiger partial charge on any atom is 0.340 e. The van der Waals surface area contributed by atoms with E-state index in [1.807, 2.05) is 0 Å². The second-order valence-electron chi connectivity index (χ2n) is 5.44. The fourth-order valence-electron chi connectivity index (χ4n) is 1.83. The number of carbonyl (C=O) groups excluding carboxylic acids is 1. The SMILES string of the molecule is C#C.CCC.C[C@@H]1CCC[C@H](OC(=O)C(C)(O)CO)C1. The summed E-state index contributed by atoms with van der Waals surface area (Å²) in [7, 11) is 0. The van der Waals surface area contributed by atoms with Crippen molar-refractivity contribution in [3.8, 4) is 12.8 Å². The van der Waals surface area contributed by atoms with Crippen molar-refractivity contribution < 1.29 is 19.7 Å². The lowest BCUT2D eigenvalue weighted by molar-refractivity contribution is -0.175. The first-order valence-corrected chi connectivity index (χ1v) is 7.25. The molecule has 1 aliphatic rings. The molecule has 0 aromatic carbocycles. The Kier molecular flexibility index (Phi) is 12.5. The van der Waals surface area contributed by atoms with Crippen LogP contribution in [0.15, 0.2) is 0 Å². The zero-order chi connectivity index (χ0) is 16.2. The summed E-state index contributed by atoms with van der Waals surface area (Å²) >= 11 is 0. The molecule has 1 saturated carbocycles. The van der Waals surface area contributed by atoms with Crippen LogP contribution in [0.4, 0.5) is 0 Å². The predicted octanol–water partition coefficient (Wildman–Crippen LogP) is 2.52. The van der Waals surface area contributed by atoms with Crippen molar-refractivity contribution in [2.45, 2.75) is 71.5 Å². The summed E-state index contributed by atoms with van der Waals surface area (Å²) in [6.45, 7) is 7.04. The fourth-order valence-corrected chi connectivity index (χ4v) is 1.83. The number of aliphatic hydroxyl groups excluding tert-OH is 1. The van der Waals surface area contributed by atoms with Gasteiger partial charge in [0.1, 0.15) is 6.10 Å². The minimum absolute atomic E-state index is 0.0979. The molecule has 0 saturated heterocycles. The molecule has 0 aliphatic heterocycles. The molecule has 0 aromatic heterocycles. The quantitative estimate of drug-likeness (QED) is 0.618. The van der Waals surface area contributed by atoms with Gasteiger partial charge >= 0.3 is 5.97 Å². The maximum atomic E-state index is 11.4. The molecule has 3 atom stereocenters. The second-order valence-corrected chi connectivity index (χ2v) is 5.44. The van der Waals surface area contributed by atoms with Crippen molar-refractivity contribution in [3.63, 3.8) is 0 Å². The van der Waals surface area contributed by atoms with Gasteiger partial charge in [-0.15, -0.1) is 12.8 Å². The van der Waals surface area contributed by atoms with Gasteiger partial charge in [0.2, 0.25) is 0 Å². The number of ether oxygens (including phenoxy) is 1. The Labute approximate surface area is 123 Å². The molecule has 0 heterocycles. The summed E-state index contributed by atoms with van der Waals surface area (Å²) < 4.78 is 5.17. The molecule has 1 unspecified atom stereocenters. The normalized spacial score (nSPS) is 24.0. The summed E-state index contributed by atoms with van der Waals surface area (Å²) in [5, 5.41) is 18.3. The first-order chi connectivity index (χ1) is 9.37. The van der Waals surface area contributed by atoms with Crippen molar-refractivity contribution in [2.75, 3.05) is 6.61 Å². The Bertz CT molecular complexity index is 271. The summed E-state index contributed by atoms with van der Waals surface area (Å²) in [6, 6.07) is 0. The number of carbonyl (C=O) groups is 1. The third kappa shape index (κ3) is 8.95. The van der Waals surface area contributed by atoms with Crippen molar-refractivity contribution in [3.05, 3.63) is 0 Å². The van der Waals surface area contributed by atoms with Crippen LogP contribution in [0.25, 0.3) is 0 Å². The summed E-state index contributed by atoms with van der Waals surface area (Å²) in [4.78, 5) is 11.4. The van der Waals surface area contributed by atoms with Crippen molar-refractivity contribution in [2.24, 2.45) is 5.92 Å². The Hall–Kier alpha value is -1.05. The van der Waals surface area contributed by atoms with Crippen LogP contribution in [0.3, 0.4) is 0 Å². The maximum absolute atomic E-state index is 11.4. The molecule has 1 rings (SSSR count). The van der Waals surface area contributed by atoms with E-state index in [0.717, 1.165) is 19.3 Å². The van der Waals surface area contributed by atoms with Gasteiger partial charge in [-0.25, -0.2) is 4.79 Å². The number of hydrogen-bond acceptors (Lipinski definition) is 4. The van der Waals surface area contributed by atoms with E-state index in [1.165, 1.54) is 19.8 Å². The van der Waals surface area contributed by atoms with E-state index >= 15 is 0 Å². The molecule has 4 heteroatoms. The molecule has 0 aromatic rings. The lowest BCUT2D eigenvalue weighted by Crippen LogP contribution is -2.42. The highest BCUT2D eigenvalue weighted by Gasteiger charge is 2.34. The number of terminal acetylenes is 1. The zero-order valence-corrected chi connectivity index (χ0v) is 13.3. The van der Waals surface area contributed by atoms with Gasteiger partial charge < -0.3 is 14.9 Å². The van der Waals surface area contributed by atoms with Gasteiger partial charge in [0.25, 0.3) is 0 Å². The summed E-state index contributed by atoms with van der Waals surface area (Å²) in [6.07, 6.45) is 13.1. The van der Waals surface area contributed by atoms with Crippen LogP contribution in [0.5, 0.6) is 0 Å². The molecular formula is C16H30O4. The lowest BCUT2D eigenvalue weighted by atomic mass is 9.88. The molecule has 1 aliphatic carbocycles. The molecular weight excluding hydrogens is 256 g/mol. The smallest absolute Gasteiger partial charge is 0.340 e. The highest BCUT2D eigenvalue weighted by atomic mass is 16.6. The Morgan fingerprint density at radius 1 is 1.35 bits per heavy atom. The third-order valence-electron chi connectivity index (χ3n) is 2.91. The lowest BCUT2D eigenvalue weighted by Gasteiger charge is -2.29. The van der Waals surface area contributed by atoms with E-state index in [2.05, 4.69) is 33.6 Å². The van der Waals surface area contributed by atoms with Crippen molar-refractivity contribution in [1.29, 1.82) is 0 Å². The minimum atomic E-state index is -1.76. The molecule has 0 amide bonds. The van der Waals surface area contributed by atoms with Gasteiger partial charge in [-0.2, -0.15) is 0 Å². The highest BCUT2D eigenvalue weighted by molar-refractivity contribution is 5.79. The molecule has 20 heavy (non-hydrogen) atoms. The van der Waals surface area contributed by atoms with Crippen LogP contribution in [-0.2, 0) is 9.53 Å². The number of hydrogen-bond donors (Lipinski definition) is 2. The summed E-state index contributed by atoms with van der Waals surface area (Å²) in [5.41, 5.74) is -1.76. The zero-order valence-electron chi connectivity index (χ0n) is 13.3. The average Bonchev–Trinajstić information content (AvgIpc) is 2.42. The van der Waals surface area contributed by atoms with E-state index in [9.17, 15) is 9.90 Å². The Balaban J connectivity index is 0. The predicted molar refractivity (Wildman–Crippen MR) is 81.1 cm³/mol. The van der Waals surface area contributed by atoms with Gasteiger partial charge in [0, 0.05) is 0 Å². The van der Waals surface area contributed by atoms with Gasteiger partial charge in [0.05, 0.1) is 6.61 Å². The molecule has 1 fully saturated rings. The second kappa shape index (κ2) is 11.7. The van der Waals surface area contributed by atoms with Crippen LogP contribution in [0.2, 0.25) is 0 Å². The van der Waals surface area contributed by atoms with E-state index in [4.69, 9.17) is 9.84 Å². The average molecular weight is 286 g/mol. The first kappa shape index (κ1) is 21.3. The molecule has 4 nitrogen and oxygen atoms in total. The van der Waals surface area contributed by atoms with Crippen LogP contribution < -0.4 is 0 Å². The number of aliphatic hydroxyl groups is 2. The number of rotatable bonds is 3. The van der Waals surface area contributed by atoms with Crippen LogP contribution in [-0.4, -0.2) is 34.5 Å². The molecule has 0 bridgehead atoms.